The molecule has 166 valence electrons. The van der Waals surface area contributed by atoms with Gasteiger partial charge in [-0.1, -0.05) is 13.8 Å². The summed E-state index contributed by atoms with van der Waals surface area (Å²) in [6.45, 7) is 9.08. The standard InChI is InChI=1S/C20H35N3O6/c1-7-20(8-2)10-9-11-23(16(20)17(26)21-13-15(25)28-6)14(24)12-22-18(27)29-19(3,4)5/h16H,7-13H2,1-6H3,(H,21,26)(H,22,27). The van der Waals surface area contributed by atoms with Crippen molar-refractivity contribution in [1.29, 1.82) is 0 Å². The molecule has 1 atom stereocenters. The van der Waals surface area contributed by atoms with Crippen LogP contribution < -0.4 is 10.6 Å². The first-order valence-electron chi connectivity index (χ1n) is 10.1. The number of rotatable bonds is 7. The number of likely N-dealkylation sites (tertiary alicyclic amines) is 1. The summed E-state index contributed by atoms with van der Waals surface area (Å²) in [7, 11) is 1.25. The van der Waals surface area contributed by atoms with Gasteiger partial charge in [-0.25, -0.2) is 4.79 Å². The Morgan fingerprint density at radius 2 is 1.69 bits per heavy atom. The lowest BCUT2D eigenvalue weighted by Gasteiger charge is -2.48. The van der Waals surface area contributed by atoms with Crippen molar-refractivity contribution in [3.05, 3.63) is 0 Å². The van der Waals surface area contributed by atoms with Gasteiger partial charge >= 0.3 is 12.1 Å². The van der Waals surface area contributed by atoms with Crippen molar-refractivity contribution in [2.75, 3.05) is 26.7 Å². The number of hydrogen-bond donors (Lipinski definition) is 2. The molecule has 1 fully saturated rings. The van der Waals surface area contributed by atoms with Crippen LogP contribution in [0.15, 0.2) is 0 Å². The van der Waals surface area contributed by atoms with Gasteiger partial charge in [-0.3, -0.25) is 14.4 Å². The minimum Gasteiger partial charge on any atom is -0.468 e. The molecule has 0 aromatic rings. The summed E-state index contributed by atoms with van der Waals surface area (Å²) >= 11 is 0. The lowest BCUT2D eigenvalue weighted by molar-refractivity contribution is -0.151. The lowest BCUT2D eigenvalue weighted by atomic mass is 9.68. The van der Waals surface area contributed by atoms with Gasteiger partial charge in [0.2, 0.25) is 11.8 Å². The Labute approximate surface area is 172 Å². The number of hydrogen-bond acceptors (Lipinski definition) is 6. The van der Waals surface area contributed by atoms with E-state index in [0.717, 1.165) is 12.8 Å². The summed E-state index contributed by atoms with van der Waals surface area (Å²) in [6.07, 6.45) is 2.30. The number of carbonyl (C=O) groups excluding carboxylic acids is 4. The van der Waals surface area contributed by atoms with Crippen LogP contribution in [0, 0.1) is 5.41 Å². The normalized spacial score (nSPS) is 18.6. The van der Waals surface area contributed by atoms with Crippen LogP contribution in [0.25, 0.3) is 0 Å². The van der Waals surface area contributed by atoms with E-state index in [9.17, 15) is 19.2 Å². The molecule has 1 unspecified atom stereocenters. The molecule has 1 aliphatic rings. The van der Waals surface area contributed by atoms with Gasteiger partial charge in [0.1, 0.15) is 24.7 Å². The third-order valence-electron chi connectivity index (χ3n) is 5.36. The van der Waals surface area contributed by atoms with E-state index in [-0.39, 0.29) is 30.3 Å². The predicted octanol–water partition coefficient (Wildman–Crippen LogP) is 1.60. The summed E-state index contributed by atoms with van der Waals surface area (Å²) in [4.78, 5) is 50.7. The monoisotopic (exact) mass is 413 g/mol. The van der Waals surface area contributed by atoms with Gasteiger partial charge in [0.25, 0.3) is 0 Å². The van der Waals surface area contributed by atoms with Crippen molar-refractivity contribution >= 4 is 23.9 Å². The first kappa shape index (κ1) is 24.7. The fraction of sp³-hybridized carbons (Fsp3) is 0.800. The molecule has 9 nitrogen and oxygen atoms in total. The summed E-state index contributed by atoms with van der Waals surface area (Å²) < 4.78 is 9.73. The quantitative estimate of drug-likeness (QED) is 0.613. The molecular weight excluding hydrogens is 378 g/mol. The molecule has 0 bridgehead atoms. The van der Waals surface area contributed by atoms with Gasteiger partial charge in [-0.05, 0) is 51.9 Å². The molecule has 9 heteroatoms. The van der Waals surface area contributed by atoms with Gasteiger partial charge in [0.15, 0.2) is 0 Å². The molecule has 0 aromatic heterocycles. The SMILES string of the molecule is CCC1(CC)CCCN(C(=O)CNC(=O)OC(C)(C)C)C1C(=O)NCC(=O)OC. The van der Waals surface area contributed by atoms with Crippen molar-refractivity contribution in [2.45, 2.75) is 71.9 Å². The lowest BCUT2D eigenvalue weighted by Crippen LogP contribution is -2.62. The zero-order valence-corrected chi connectivity index (χ0v) is 18.4. The fourth-order valence-electron chi connectivity index (χ4n) is 3.77. The first-order valence-corrected chi connectivity index (χ1v) is 10.1. The zero-order chi connectivity index (χ0) is 22.2. The topological polar surface area (TPSA) is 114 Å². The van der Waals surface area contributed by atoms with Crippen LogP contribution in [-0.4, -0.2) is 67.2 Å². The molecule has 1 saturated heterocycles. The number of nitrogens with one attached hydrogen (secondary N) is 2. The van der Waals surface area contributed by atoms with Crippen molar-refractivity contribution < 1.29 is 28.7 Å². The highest BCUT2D eigenvalue weighted by molar-refractivity contribution is 5.91. The maximum Gasteiger partial charge on any atom is 0.408 e. The summed E-state index contributed by atoms with van der Waals surface area (Å²) in [6, 6.07) is -0.719. The van der Waals surface area contributed by atoms with Crippen LogP contribution in [-0.2, 0) is 23.9 Å². The van der Waals surface area contributed by atoms with E-state index in [1.807, 2.05) is 13.8 Å². The van der Waals surface area contributed by atoms with Crippen molar-refractivity contribution in [3.63, 3.8) is 0 Å². The highest BCUT2D eigenvalue weighted by atomic mass is 16.6. The van der Waals surface area contributed by atoms with Crippen LogP contribution >= 0.6 is 0 Å². The van der Waals surface area contributed by atoms with Crippen molar-refractivity contribution in [3.8, 4) is 0 Å². The van der Waals surface area contributed by atoms with Gasteiger partial charge < -0.3 is 25.0 Å². The molecule has 0 radical (unpaired) electrons. The third-order valence-corrected chi connectivity index (χ3v) is 5.36. The predicted molar refractivity (Wildman–Crippen MR) is 107 cm³/mol. The van der Waals surface area contributed by atoms with E-state index in [2.05, 4.69) is 15.4 Å². The Bertz CT molecular complexity index is 610. The van der Waals surface area contributed by atoms with Gasteiger partial charge in [-0.2, -0.15) is 0 Å². The van der Waals surface area contributed by atoms with Crippen LogP contribution in [0.5, 0.6) is 0 Å². The van der Waals surface area contributed by atoms with Crippen molar-refractivity contribution in [2.24, 2.45) is 5.41 Å². The highest BCUT2D eigenvalue weighted by Crippen LogP contribution is 2.42. The average molecular weight is 414 g/mol. The Morgan fingerprint density at radius 3 is 2.21 bits per heavy atom. The molecule has 2 N–H and O–H groups in total. The zero-order valence-electron chi connectivity index (χ0n) is 18.4. The Morgan fingerprint density at radius 1 is 1.07 bits per heavy atom. The second-order valence-electron chi connectivity index (χ2n) is 8.31. The minimum absolute atomic E-state index is 0.256. The smallest absolute Gasteiger partial charge is 0.408 e. The molecule has 29 heavy (non-hydrogen) atoms. The summed E-state index contributed by atoms with van der Waals surface area (Å²) in [5.41, 5.74) is -1.06. The Kier molecular flexibility index (Phi) is 8.91. The van der Waals surface area contributed by atoms with E-state index in [4.69, 9.17) is 4.74 Å². The second-order valence-corrected chi connectivity index (χ2v) is 8.31. The number of piperidine rings is 1. The average Bonchev–Trinajstić information content (AvgIpc) is 2.67. The molecule has 3 amide bonds. The van der Waals surface area contributed by atoms with Gasteiger partial charge in [-0.15, -0.1) is 0 Å². The molecule has 1 aliphatic heterocycles. The number of nitrogens with zero attached hydrogens (tertiary/aromatic N) is 1. The Balaban J connectivity index is 2.95. The van der Waals surface area contributed by atoms with E-state index in [1.54, 1.807) is 20.8 Å². The third kappa shape index (κ3) is 6.90. The van der Waals surface area contributed by atoms with E-state index in [0.29, 0.717) is 19.4 Å². The minimum atomic E-state index is -0.719. The van der Waals surface area contributed by atoms with Crippen LogP contribution in [0.1, 0.15) is 60.3 Å². The van der Waals surface area contributed by atoms with E-state index < -0.39 is 23.7 Å². The molecule has 0 aromatic carbocycles. The molecule has 0 spiro atoms. The maximum atomic E-state index is 13.0. The summed E-state index contributed by atoms with van der Waals surface area (Å²) in [5, 5.41) is 5.05. The highest BCUT2D eigenvalue weighted by Gasteiger charge is 2.47. The molecule has 1 heterocycles. The van der Waals surface area contributed by atoms with E-state index in [1.165, 1.54) is 12.0 Å². The van der Waals surface area contributed by atoms with Gasteiger partial charge in [0, 0.05) is 6.54 Å². The number of esters is 1. The number of amides is 3. The Hall–Kier alpha value is -2.32. The van der Waals surface area contributed by atoms with Gasteiger partial charge in [0.05, 0.1) is 7.11 Å². The maximum absolute atomic E-state index is 13.0. The molecule has 1 rings (SSSR count). The second kappa shape index (κ2) is 10.5. The number of carbonyl (C=O) groups is 4. The van der Waals surface area contributed by atoms with Crippen LogP contribution in [0.3, 0.4) is 0 Å². The molecule has 0 aliphatic carbocycles. The van der Waals surface area contributed by atoms with Crippen LogP contribution in [0.2, 0.25) is 0 Å². The largest absolute Gasteiger partial charge is 0.468 e. The number of ether oxygens (including phenoxy) is 2. The number of alkyl carbamates (subject to hydrolysis) is 1. The first-order chi connectivity index (χ1) is 13.5. The van der Waals surface area contributed by atoms with Crippen LogP contribution in [0.4, 0.5) is 4.79 Å². The number of methoxy groups -OCH3 is 1. The van der Waals surface area contributed by atoms with Crippen molar-refractivity contribution in [1.82, 2.24) is 15.5 Å². The van der Waals surface area contributed by atoms with E-state index >= 15 is 0 Å². The molecular formula is C20H35N3O6. The summed E-state index contributed by atoms with van der Waals surface area (Å²) in [5.74, 6) is -1.30. The molecule has 0 saturated carbocycles. The fourth-order valence-corrected chi connectivity index (χ4v) is 3.77.